The third-order valence-electron chi connectivity index (χ3n) is 1.47. The summed E-state index contributed by atoms with van der Waals surface area (Å²) in [6.07, 6.45) is 0. The molecule has 0 aliphatic rings. The third kappa shape index (κ3) is 76.8. The highest BCUT2D eigenvalue weighted by Crippen LogP contribution is 1.77. The normalized spacial score (nSPS) is 8.21. The molecule has 3 N–H and O–H groups in total. The lowest BCUT2D eigenvalue weighted by Crippen LogP contribution is -2.13. The summed E-state index contributed by atoms with van der Waals surface area (Å²) in [5.41, 5.74) is 0. The Hall–Kier alpha value is -2.21. The third-order valence-corrected chi connectivity index (χ3v) is 1.85. The molecule has 0 saturated carbocycles. The summed E-state index contributed by atoms with van der Waals surface area (Å²) in [6.45, 7) is 4.24. The molecule has 0 saturated heterocycles. The van der Waals surface area contributed by atoms with Gasteiger partial charge in [0.25, 0.3) is 0 Å². The zero-order valence-electron chi connectivity index (χ0n) is 16.2. The van der Waals surface area contributed by atoms with E-state index in [1.54, 1.807) is 0 Å². The number of rotatable bonds is 10. The van der Waals surface area contributed by atoms with Crippen LogP contribution in [0.25, 0.3) is 0 Å². The number of Topliss-reactive ketones (excluding diaryl/α,β-unsaturated/α-hetero) is 4. The van der Waals surface area contributed by atoms with Crippen molar-refractivity contribution < 1.29 is 53.6 Å². The molecular formula is C17H31ClO11. The standard InChI is InChI=1S/C6H10O3.C4H6O5.C3H5ClO.C3H6O2.CH4/c1-5(7)3-9-4-6(2)8;5-3(6)1-9-2-4(7)8;2*1-3(5)2-4;/h3-4H2,1-2H3;1-2H2,(H,5,6)(H,7,8);2H2,1H3;4H,2H2,1H3;1H4. The van der Waals surface area contributed by atoms with Crippen molar-refractivity contribution in [2.24, 2.45) is 0 Å². The van der Waals surface area contributed by atoms with Crippen molar-refractivity contribution in [3.8, 4) is 0 Å². The lowest BCUT2D eigenvalue weighted by atomic mass is 10.4. The molecule has 29 heavy (non-hydrogen) atoms. The minimum absolute atomic E-state index is 0. The number of carbonyl (C=O) groups is 6. The molecule has 0 aromatic heterocycles. The van der Waals surface area contributed by atoms with Gasteiger partial charge in [0.2, 0.25) is 0 Å². The van der Waals surface area contributed by atoms with Gasteiger partial charge in [0, 0.05) is 0 Å². The smallest absolute Gasteiger partial charge is 0.329 e. The van der Waals surface area contributed by atoms with Gasteiger partial charge in [-0.2, -0.15) is 0 Å². The molecule has 0 aliphatic carbocycles. The Labute approximate surface area is 174 Å². The Balaban J connectivity index is -0.0000000907. The number of carboxylic acid groups (broad SMARTS) is 2. The van der Waals surface area contributed by atoms with Gasteiger partial charge < -0.3 is 24.8 Å². The molecule has 0 fully saturated rings. The number of halogens is 1. The molecule has 0 aromatic carbocycles. The number of carboxylic acids is 2. The number of ketones is 4. The zero-order valence-corrected chi connectivity index (χ0v) is 17.0. The van der Waals surface area contributed by atoms with Crippen LogP contribution in [0.4, 0.5) is 0 Å². The minimum Gasteiger partial charge on any atom is -0.480 e. The lowest BCUT2D eigenvalue weighted by Gasteiger charge is -1.94. The lowest BCUT2D eigenvalue weighted by molar-refractivity contribution is -0.148. The summed E-state index contributed by atoms with van der Waals surface area (Å²) in [7, 11) is 0. The van der Waals surface area contributed by atoms with Crippen LogP contribution >= 0.6 is 11.6 Å². The van der Waals surface area contributed by atoms with E-state index in [1.165, 1.54) is 27.7 Å². The average Bonchev–Trinajstić information content (AvgIpc) is 2.55. The molecule has 0 amide bonds. The van der Waals surface area contributed by atoms with Gasteiger partial charge in [0.15, 0.2) is 17.3 Å². The first-order valence-corrected chi connectivity index (χ1v) is 8.07. The van der Waals surface area contributed by atoms with Crippen molar-refractivity contribution in [2.45, 2.75) is 35.1 Å². The fraction of sp³-hybridized carbons (Fsp3) is 0.647. The predicted octanol–water partition coefficient (Wildman–Crippen LogP) is 0.371. The molecule has 0 rings (SSSR count). The molecule has 0 spiro atoms. The molecule has 0 aromatic rings. The molecule has 0 unspecified atom stereocenters. The van der Waals surface area contributed by atoms with Gasteiger partial charge in [-0.25, -0.2) is 9.59 Å². The van der Waals surface area contributed by atoms with E-state index in [2.05, 4.69) is 9.47 Å². The Kier molecular flexibility index (Phi) is 36.2. The largest absolute Gasteiger partial charge is 0.480 e. The van der Waals surface area contributed by atoms with Crippen LogP contribution in [0.2, 0.25) is 0 Å². The number of hydrogen-bond acceptors (Lipinski definition) is 9. The summed E-state index contributed by atoms with van der Waals surface area (Å²) in [6, 6.07) is 0. The minimum atomic E-state index is -1.17. The van der Waals surface area contributed by atoms with E-state index in [0.29, 0.717) is 0 Å². The van der Waals surface area contributed by atoms with E-state index in [4.69, 9.17) is 26.9 Å². The summed E-state index contributed by atoms with van der Waals surface area (Å²) >= 11 is 4.99. The molecule has 0 bridgehead atoms. The first-order chi connectivity index (χ1) is 12.8. The molecule has 0 radical (unpaired) electrons. The van der Waals surface area contributed by atoms with E-state index in [9.17, 15) is 28.8 Å². The van der Waals surface area contributed by atoms with Crippen LogP contribution in [0.15, 0.2) is 0 Å². The monoisotopic (exact) mass is 446 g/mol. The average molecular weight is 447 g/mol. The van der Waals surface area contributed by atoms with Crippen LogP contribution in [-0.2, 0) is 38.2 Å². The summed E-state index contributed by atoms with van der Waals surface area (Å²) in [5, 5.41) is 23.6. The Morgan fingerprint density at radius 3 is 1.03 bits per heavy atom. The fourth-order valence-corrected chi connectivity index (χ4v) is 0.564. The molecule has 0 atom stereocenters. The topological polar surface area (TPSA) is 182 Å². The van der Waals surface area contributed by atoms with Crippen LogP contribution in [0.3, 0.4) is 0 Å². The van der Waals surface area contributed by atoms with Crippen molar-refractivity contribution >= 4 is 46.7 Å². The first-order valence-electron chi connectivity index (χ1n) is 7.53. The van der Waals surface area contributed by atoms with Crippen LogP contribution < -0.4 is 0 Å². The molecule has 0 heterocycles. The quantitative estimate of drug-likeness (QED) is 0.394. The SMILES string of the molecule is C.CC(=O)CCl.CC(=O)CO.CC(=O)COCC(C)=O.O=C(O)COCC(=O)O. The van der Waals surface area contributed by atoms with Crippen LogP contribution in [0.5, 0.6) is 0 Å². The fourth-order valence-electron chi connectivity index (χ4n) is 0.564. The van der Waals surface area contributed by atoms with Crippen LogP contribution in [0.1, 0.15) is 35.1 Å². The van der Waals surface area contributed by atoms with E-state index in [0.717, 1.165) is 0 Å². The van der Waals surface area contributed by atoms with Gasteiger partial charge in [-0.15, -0.1) is 11.6 Å². The number of hydrogen-bond donors (Lipinski definition) is 3. The van der Waals surface area contributed by atoms with Crippen molar-refractivity contribution in [1.29, 1.82) is 0 Å². The first kappa shape index (κ1) is 37.5. The van der Waals surface area contributed by atoms with Gasteiger partial charge >= 0.3 is 11.9 Å². The second kappa shape index (κ2) is 28.0. The van der Waals surface area contributed by atoms with Crippen molar-refractivity contribution in [2.75, 3.05) is 38.9 Å². The molecular weight excluding hydrogens is 416 g/mol. The summed E-state index contributed by atoms with van der Waals surface area (Å²) in [4.78, 5) is 58.9. The molecule has 12 heteroatoms. The summed E-state index contributed by atoms with van der Waals surface area (Å²) in [5.74, 6) is -2.49. The van der Waals surface area contributed by atoms with Gasteiger partial charge in [-0.05, 0) is 27.7 Å². The van der Waals surface area contributed by atoms with E-state index in [1.807, 2.05) is 0 Å². The zero-order chi connectivity index (χ0) is 23.1. The maximum absolute atomic E-state index is 10.2. The molecule has 11 nitrogen and oxygen atoms in total. The van der Waals surface area contributed by atoms with E-state index >= 15 is 0 Å². The second-order valence-corrected chi connectivity index (χ2v) is 5.14. The Morgan fingerprint density at radius 2 is 0.897 bits per heavy atom. The number of carbonyl (C=O) groups excluding carboxylic acids is 4. The second-order valence-electron chi connectivity index (χ2n) is 4.87. The predicted molar refractivity (Wildman–Crippen MR) is 104 cm³/mol. The number of alkyl halides is 1. The highest BCUT2D eigenvalue weighted by Gasteiger charge is 1.99. The van der Waals surface area contributed by atoms with E-state index in [-0.39, 0.29) is 56.3 Å². The van der Waals surface area contributed by atoms with Crippen molar-refractivity contribution in [1.82, 2.24) is 0 Å². The maximum Gasteiger partial charge on any atom is 0.329 e. The number of aliphatic carboxylic acids is 2. The number of aliphatic hydroxyl groups is 1. The Morgan fingerprint density at radius 1 is 0.655 bits per heavy atom. The van der Waals surface area contributed by atoms with Crippen molar-refractivity contribution in [3.05, 3.63) is 0 Å². The van der Waals surface area contributed by atoms with E-state index < -0.39 is 25.2 Å². The van der Waals surface area contributed by atoms with Crippen LogP contribution in [0, 0.1) is 0 Å². The van der Waals surface area contributed by atoms with Gasteiger partial charge in [-0.3, -0.25) is 19.2 Å². The highest BCUT2D eigenvalue weighted by molar-refractivity contribution is 6.27. The van der Waals surface area contributed by atoms with Gasteiger partial charge in [0.05, 0.1) is 5.88 Å². The Bertz CT molecular complexity index is 418. The van der Waals surface area contributed by atoms with Crippen LogP contribution in [-0.4, -0.2) is 89.3 Å². The molecule has 172 valence electrons. The van der Waals surface area contributed by atoms with Crippen molar-refractivity contribution in [3.63, 3.8) is 0 Å². The number of aliphatic hydroxyl groups excluding tert-OH is 1. The summed E-state index contributed by atoms with van der Waals surface area (Å²) < 4.78 is 8.81. The van der Waals surface area contributed by atoms with Gasteiger partial charge in [-0.1, -0.05) is 7.43 Å². The van der Waals surface area contributed by atoms with Gasteiger partial charge in [0.1, 0.15) is 38.8 Å². The highest BCUT2D eigenvalue weighted by atomic mass is 35.5. The molecule has 0 aliphatic heterocycles. The number of ether oxygens (including phenoxy) is 2. The maximum atomic E-state index is 10.2.